The minimum Gasteiger partial charge on any atom is -0.494 e. The highest BCUT2D eigenvalue weighted by Gasteiger charge is 2.16. The minimum absolute atomic E-state index is 0.0784. The van der Waals surface area contributed by atoms with Gasteiger partial charge < -0.3 is 25.6 Å². The van der Waals surface area contributed by atoms with Crippen LogP contribution in [0.1, 0.15) is 56.9 Å². The van der Waals surface area contributed by atoms with Gasteiger partial charge in [0.05, 0.1) is 6.61 Å². The fraction of sp³-hybridized carbons (Fsp3) is 0.542. The van der Waals surface area contributed by atoms with Crippen LogP contribution in [0.3, 0.4) is 0 Å². The lowest BCUT2D eigenvalue weighted by molar-refractivity contribution is 0.291. The van der Waals surface area contributed by atoms with E-state index in [0.29, 0.717) is 6.61 Å². The van der Waals surface area contributed by atoms with Gasteiger partial charge in [-0.05, 0) is 63.5 Å². The normalized spacial score (nSPS) is 13.3. The molecule has 0 spiro atoms. The summed E-state index contributed by atoms with van der Waals surface area (Å²) in [5, 5.41) is 10.6. The first-order valence-corrected chi connectivity index (χ1v) is 11.2. The Morgan fingerprint density at radius 2 is 1.50 bits per heavy atom. The second-order valence-electron chi connectivity index (χ2n) is 7.82. The quantitative estimate of drug-likeness (QED) is 0.215. The molecule has 2 rings (SSSR count). The number of nitrogen functional groups attached to an aromatic ring is 1. The summed E-state index contributed by atoms with van der Waals surface area (Å²) in [5.41, 5.74) is 6.18. The molecule has 0 aliphatic carbocycles. The molecule has 1 heterocycles. The van der Waals surface area contributed by atoms with Gasteiger partial charge in [-0.25, -0.2) is 0 Å². The molecular weight excluding hydrogens is 374 g/mol. The number of rotatable bonds is 16. The van der Waals surface area contributed by atoms with Gasteiger partial charge >= 0.3 is 0 Å². The summed E-state index contributed by atoms with van der Waals surface area (Å²) in [6, 6.07) is 7.36. The van der Waals surface area contributed by atoms with Gasteiger partial charge in [0, 0.05) is 31.1 Å². The molecule has 0 saturated carbocycles. The van der Waals surface area contributed by atoms with Crippen LogP contribution in [0.15, 0.2) is 49.1 Å². The van der Waals surface area contributed by atoms with Crippen molar-refractivity contribution in [2.75, 3.05) is 33.3 Å². The summed E-state index contributed by atoms with van der Waals surface area (Å²) >= 11 is 0. The predicted molar refractivity (Wildman–Crippen MR) is 126 cm³/mol. The number of unbranched alkanes of at least 4 members (excludes halogenated alkanes) is 6. The van der Waals surface area contributed by atoms with Gasteiger partial charge in [0.1, 0.15) is 17.4 Å². The van der Waals surface area contributed by atoms with Crippen LogP contribution in [0, 0.1) is 5.41 Å². The maximum atomic E-state index is 7.41. The van der Waals surface area contributed by atoms with Gasteiger partial charge in [-0.2, -0.15) is 0 Å². The largest absolute Gasteiger partial charge is 0.494 e. The van der Waals surface area contributed by atoms with Gasteiger partial charge in [0.2, 0.25) is 0 Å². The number of ether oxygens (including phenoxy) is 1. The van der Waals surface area contributed by atoms with Gasteiger partial charge in [-0.1, -0.05) is 32.3 Å². The molecule has 1 aliphatic rings. The van der Waals surface area contributed by atoms with Crippen molar-refractivity contribution in [1.29, 1.82) is 5.41 Å². The zero-order valence-electron chi connectivity index (χ0n) is 18.5. The molecule has 1 aliphatic heterocycles. The molecule has 1 aromatic rings. The molecule has 30 heavy (non-hydrogen) atoms. The molecule has 0 amide bonds. The van der Waals surface area contributed by atoms with Crippen molar-refractivity contribution < 1.29 is 4.74 Å². The molecule has 0 bridgehead atoms. The Morgan fingerprint density at radius 3 is 2.10 bits per heavy atom. The van der Waals surface area contributed by atoms with Gasteiger partial charge in [-0.3, -0.25) is 5.41 Å². The fourth-order valence-electron chi connectivity index (χ4n) is 3.50. The number of benzene rings is 1. The smallest absolute Gasteiger partial charge is 0.122 e. The summed E-state index contributed by atoms with van der Waals surface area (Å²) in [4.78, 5) is 4.51. The summed E-state index contributed by atoms with van der Waals surface area (Å²) in [5.74, 6) is 1.98. The minimum atomic E-state index is 0.0784. The van der Waals surface area contributed by atoms with Crippen LogP contribution < -0.4 is 15.8 Å². The highest BCUT2D eigenvalue weighted by molar-refractivity contribution is 5.94. The zero-order chi connectivity index (χ0) is 21.6. The van der Waals surface area contributed by atoms with Crippen molar-refractivity contribution >= 4 is 5.84 Å². The zero-order valence-corrected chi connectivity index (χ0v) is 18.5. The van der Waals surface area contributed by atoms with Crippen LogP contribution >= 0.6 is 0 Å². The first kappa shape index (κ1) is 23.8. The maximum Gasteiger partial charge on any atom is 0.122 e. The second kappa shape index (κ2) is 13.7. The Hall–Kier alpha value is -2.47. The maximum absolute atomic E-state index is 7.41. The van der Waals surface area contributed by atoms with E-state index in [2.05, 4.69) is 34.1 Å². The van der Waals surface area contributed by atoms with Crippen LogP contribution in [0.4, 0.5) is 0 Å². The summed E-state index contributed by atoms with van der Waals surface area (Å²) in [6.07, 6.45) is 14.1. The van der Waals surface area contributed by atoms with E-state index >= 15 is 0 Å². The van der Waals surface area contributed by atoms with Crippen LogP contribution in [-0.4, -0.2) is 48.9 Å². The third-order valence-corrected chi connectivity index (χ3v) is 5.39. The molecule has 0 saturated heterocycles. The van der Waals surface area contributed by atoms with E-state index in [0.717, 1.165) is 49.6 Å². The molecule has 166 valence electrons. The molecule has 0 unspecified atom stereocenters. The van der Waals surface area contributed by atoms with Crippen molar-refractivity contribution in [2.45, 2.75) is 51.4 Å². The SMILES string of the molecule is C=C1N(CCCCCCCCNC)C=CN1CCCCOc1ccc(C(=N)N)cc1. The van der Waals surface area contributed by atoms with Crippen LogP contribution in [0.25, 0.3) is 0 Å². The van der Waals surface area contributed by atoms with E-state index in [1.54, 1.807) is 0 Å². The lowest BCUT2D eigenvalue weighted by atomic mass is 10.1. The van der Waals surface area contributed by atoms with Crippen LogP contribution in [0.5, 0.6) is 5.75 Å². The molecule has 0 fully saturated rings. The van der Waals surface area contributed by atoms with Crippen molar-refractivity contribution in [3.8, 4) is 5.75 Å². The molecule has 6 nitrogen and oxygen atoms in total. The highest BCUT2D eigenvalue weighted by Crippen LogP contribution is 2.20. The van der Waals surface area contributed by atoms with E-state index in [9.17, 15) is 0 Å². The molecule has 0 atom stereocenters. The van der Waals surface area contributed by atoms with Gasteiger partial charge in [-0.15, -0.1) is 0 Å². The van der Waals surface area contributed by atoms with Crippen molar-refractivity contribution in [3.05, 3.63) is 54.6 Å². The van der Waals surface area contributed by atoms with E-state index in [1.165, 1.54) is 38.5 Å². The lowest BCUT2D eigenvalue weighted by Gasteiger charge is -2.24. The average Bonchev–Trinajstić information content (AvgIpc) is 3.09. The average molecular weight is 414 g/mol. The summed E-state index contributed by atoms with van der Waals surface area (Å²) in [6.45, 7) is 8.09. The highest BCUT2D eigenvalue weighted by atomic mass is 16.5. The lowest BCUT2D eigenvalue weighted by Crippen LogP contribution is -2.23. The standard InChI is InChI=1S/C24H39N5O/c1-21-28(16-8-6-4-3-5-7-15-27-2)18-19-29(21)17-9-10-20-30-23-13-11-22(12-14-23)24(25)26/h11-14,18-19,27H,1,3-10,15-17,20H2,2H3,(H3,25,26). The number of hydrogen-bond acceptors (Lipinski definition) is 5. The number of nitrogens with one attached hydrogen (secondary N) is 2. The third-order valence-electron chi connectivity index (χ3n) is 5.39. The van der Waals surface area contributed by atoms with E-state index in [1.807, 2.05) is 31.3 Å². The molecule has 4 N–H and O–H groups in total. The number of nitrogens with two attached hydrogens (primary N) is 1. The van der Waals surface area contributed by atoms with Crippen molar-refractivity contribution in [2.24, 2.45) is 5.73 Å². The Morgan fingerprint density at radius 1 is 0.933 bits per heavy atom. The number of amidine groups is 1. The predicted octanol–water partition coefficient (Wildman–Crippen LogP) is 4.25. The molecular formula is C24H39N5O. The molecule has 0 aromatic heterocycles. The topological polar surface area (TPSA) is 77.6 Å². The first-order valence-electron chi connectivity index (χ1n) is 11.2. The molecule has 0 radical (unpaired) electrons. The molecule has 6 heteroatoms. The Balaban J connectivity index is 1.51. The fourth-order valence-corrected chi connectivity index (χ4v) is 3.50. The third kappa shape index (κ3) is 8.49. The first-order chi connectivity index (χ1) is 14.6. The van der Waals surface area contributed by atoms with E-state index in [-0.39, 0.29) is 5.84 Å². The van der Waals surface area contributed by atoms with E-state index < -0.39 is 0 Å². The van der Waals surface area contributed by atoms with Crippen molar-refractivity contribution in [3.63, 3.8) is 0 Å². The van der Waals surface area contributed by atoms with Gasteiger partial charge in [0.25, 0.3) is 0 Å². The summed E-state index contributed by atoms with van der Waals surface area (Å²) in [7, 11) is 2.02. The number of hydrogen-bond donors (Lipinski definition) is 3. The van der Waals surface area contributed by atoms with E-state index in [4.69, 9.17) is 15.9 Å². The Labute approximate surface area is 182 Å². The second-order valence-corrected chi connectivity index (χ2v) is 7.82. The summed E-state index contributed by atoms with van der Waals surface area (Å²) < 4.78 is 5.78. The monoisotopic (exact) mass is 413 g/mol. The Bertz CT molecular complexity index is 671. The van der Waals surface area contributed by atoms with Gasteiger partial charge in [0.15, 0.2) is 0 Å². The number of nitrogens with zero attached hydrogens (tertiary/aromatic N) is 2. The molecule has 1 aromatic carbocycles. The van der Waals surface area contributed by atoms with Crippen LogP contribution in [0.2, 0.25) is 0 Å². The Kier molecular flexibility index (Phi) is 10.9. The van der Waals surface area contributed by atoms with Crippen molar-refractivity contribution in [1.82, 2.24) is 15.1 Å². The van der Waals surface area contributed by atoms with Crippen LogP contribution in [-0.2, 0) is 0 Å².